The van der Waals surface area contributed by atoms with Gasteiger partial charge in [0.05, 0.1) is 6.04 Å². The van der Waals surface area contributed by atoms with E-state index in [0.717, 1.165) is 31.0 Å². The van der Waals surface area contributed by atoms with Gasteiger partial charge in [0, 0.05) is 35.5 Å². The summed E-state index contributed by atoms with van der Waals surface area (Å²) in [6.07, 6.45) is 1.16. The van der Waals surface area contributed by atoms with E-state index < -0.39 is 0 Å². The van der Waals surface area contributed by atoms with Crippen LogP contribution in [0, 0.1) is 0 Å². The molecule has 2 atom stereocenters. The van der Waals surface area contributed by atoms with Crippen LogP contribution in [-0.2, 0) is 4.79 Å². The minimum atomic E-state index is -0.105. The molecule has 1 aromatic rings. The number of carbonyl (C=O) groups is 1. The summed E-state index contributed by atoms with van der Waals surface area (Å²) in [6.45, 7) is 6.16. The molecule has 110 valence electrons. The molecule has 0 spiro atoms. The lowest BCUT2D eigenvalue weighted by atomic mass is 10.2. The van der Waals surface area contributed by atoms with Gasteiger partial charge in [-0.15, -0.1) is 0 Å². The summed E-state index contributed by atoms with van der Waals surface area (Å²) in [5, 5.41) is 3.59. The minimum absolute atomic E-state index is 0.0392. The first-order valence-electron chi connectivity index (χ1n) is 7.12. The average Bonchev–Trinajstić information content (AvgIpc) is 2.46. The summed E-state index contributed by atoms with van der Waals surface area (Å²) < 4.78 is 0. The van der Waals surface area contributed by atoms with Crippen LogP contribution >= 0.6 is 11.8 Å². The molecule has 2 unspecified atom stereocenters. The van der Waals surface area contributed by atoms with E-state index in [2.05, 4.69) is 17.1 Å². The van der Waals surface area contributed by atoms with Gasteiger partial charge < -0.3 is 11.1 Å². The quantitative estimate of drug-likeness (QED) is 0.837. The van der Waals surface area contributed by atoms with Gasteiger partial charge in [-0.2, -0.15) is 11.8 Å². The first kappa shape index (κ1) is 15.2. The number of amides is 1. The Morgan fingerprint density at radius 3 is 3.10 bits per heavy atom. The number of carbonyl (C=O) groups excluding carboxylic acids is 1. The van der Waals surface area contributed by atoms with Gasteiger partial charge >= 0.3 is 0 Å². The van der Waals surface area contributed by atoms with E-state index in [-0.39, 0.29) is 11.9 Å². The van der Waals surface area contributed by atoms with Gasteiger partial charge in [0.15, 0.2) is 0 Å². The molecular weight excluding hydrogens is 270 g/mol. The van der Waals surface area contributed by atoms with Crippen molar-refractivity contribution >= 4 is 29.0 Å². The Morgan fingerprint density at radius 1 is 1.60 bits per heavy atom. The maximum atomic E-state index is 12.3. The summed E-state index contributed by atoms with van der Waals surface area (Å²) in [6, 6.07) is 7.20. The second kappa shape index (κ2) is 6.99. The molecular formula is C15H23N3OS. The maximum absolute atomic E-state index is 12.3. The summed E-state index contributed by atoms with van der Waals surface area (Å²) in [5.74, 6) is 1.14. The summed E-state index contributed by atoms with van der Waals surface area (Å²) in [4.78, 5) is 14.6. The standard InChI is InChI=1S/C15H23N3OS/c1-3-14-10-18(7-8-20-14)11(2)15(19)17-13-6-4-5-12(16)9-13/h4-6,9,11,14H,3,7-8,10,16H2,1-2H3,(H,17,19). The predicted molar refractivity (Wildman–Crippen MR) is 87.1 cm³/mol. The van der Waals surface area contributed by atoms with Crippen molar-refractivity contribution in [1.82, 2.24) is 4.90 Å². The first-order valence-corrected chi connectivity index (χ1v) is 8.17. The van der Waals surface area contributed by atoms with Crippen LogP contribution in [0.5, 0.6) is 0 Å². The van der Waals surface area contributed by atoms with Crippen molar-refractivity contribution in [3.05, 3.63) is 24.3 Å². The number of nitrogens with one attached hydrogen (secondary N) is 1. The molecule has 4 nitrogen and oxygen atoms in total. The van der Waals surface area contributed by atoms with Crippen LogP contribution in [0.1, 0.15) is 20.3 Å². The number of nitrogens with two attached hydrogens (primary N) is 1. The molecule has 0 aromatic heterocycles. The van der Waals surface area contributed by atoms with E-state index >= 15 is 0 Å². The zero-order valence-electron chi connectivity index (χ0n) is 12.1. The Kier molecular flexibility index (Phi) is 5.31. The Hall–Kier alpha value is -1.20. The van der Waals surface area contributed by atoms with Crippen LogP contribution in [0.2, 0.25) is 0 Å². The van der Waals surface area contributed by atoms with Crippen LogP contribution in [0.25, 0.3) is 0 Å². The van der Waals surface area contributed by atoms with E-state index in [1.807, 2.05) is 36.9 Å². The van der Waals surface area contributed by atoms with Gasteiger partial charge in [-0.1, -0.05) is 13.0 Å². The van der Waals surface area contributed by atoms with Gasteiger partial charge in [0.1, 0.15) is 0 Å². The first-order chi connectivity index (χ1) is 9.60. The third kappa shape index (κ3) is 3.90. The highest BCUT2D eigenvalue weighted by molar-refractivity contribution is 8.00. The molecule has 20 heavy (non-hydrogen) atoms. The molecule has 1 amide bonds. The molecule has 1 heterocycles. The highest BCUT2D eigenvalue weighted by Gasteiger charge is 2.26. The van der Waals surface area contributed by atoms with Crippen LogP contribution in [0.15, 0.2) is 24.3 Å². The lowest BCUT2D eigenvalue weighted by Crippen LogP contribution is -2.48. The molecule has 1 aliphatic rings. The number of anilines is 2. The zero-order valence-corrected chi connectivity index (χ0v) is 13.0. The molecule has 1 aliphatic heterocycles. The monoisotopic (exact) mass is 293 g/mol. The molecule has 2 rings (SSSR count). The third-order valence-electron chi connectivity index (χ3n) is 3.71. The second-order valence-electron chi connectivity index (χ2n) is 5.19. The smallest absolute Gasteiger partial charge is 0.241 e. The van der Waals surface area contributed by atoms with Crippen molar-refractivity contribution in [2.24, 2.45) is 0 Å². The predicted octanol–water partition coefficient (Wildman–Crippen LogP) is 2.42. The van der Waals surface area contributed by atoms with E-state index in [0.29, 0.717) is 10.9 Å². The number of benzene rings is 1. The maximum Gasteiger partial charge on any atom is 0.241 e. The van der Waals surface area contributed by atoms with Crippen molar-refractivity contribution in [2.75, 3.05) is 29.9 Å². The zero-order chi connectivity index (χ0) is 14.5. The molecule has 1 fully saturated rings. The average molecular weight is 293 g/mol. The van der Waals surface area contributed by atoms with Gasteiger partial charge in [-0.05, 0) is 31.5 Å². The van der Waals surface area contributed by atoms with E-state index in [1.165, 1.54) is 0 Å². The molecule has 5 heteroatoms. The number of nitrogens with zero attached hydrogens (tertiary/aromatic N) is 1. The third-order valence-corrected chi connectivity index (χ3v) is 5.08. The fraction of sp³-hybridized carbons (Fsp3) is 0.533. The van der Waals surface area contributed by atoms with E-state index in [1.54, 1.807) is 6.07 Å². The van der Waals surface area contributed by atoms with Crippen molar-refractivity contribution in [3.63, 3.8) is 0 Å². The highest BCUT2D eigenvalue weighted by Crippen LogP contribution is 2.23. The van der Waals surface area contributed by atoms with Crippen LogP contribution in [0.3, 0.4) is 0 Å². The lowest BCUT2D eigenvalue weighted by molar-refractivity contribution is -0.120. The van der Waals surface area contributed by atoms with Gasteiger partial charge in [0.2, 0.25) is 5.91 Å². The highest BCUT2D eigenvalue weighted by atomic mass is 32.2. The number of hydrogen-bond donors (Lipinski definition) is 2. The number of rotatable bonds is 4. The van der Waals surface area contributed by atoms with Crippen molar-refractivity contribution in [3.8, 4) is 0 Å². The number of nitrogen functional groups attached to an aromatic ring is 1. The molecule has 1 saturated heterocycles. The normalized spacial score (nSPS) is 21.4. The van der Waals surface area contributed by atoms with Crippen molar-refractivity contribution < 1.29 is 4.79 Å². The summed E-state index contributed by atoms with van der Waals surface area (Å²) in [5.41, 5.74) is 7.15. The van der Waals surface area contributed by atoms with Crippen LogP contribution in [0.4, 0.5) is 11.4 Å². The SMILES string of the molecule is CCC1CN(C(C)C(=O)Nc2cccc(N)c2)CCS1. The largest absolute Gasteiger partial charge is 0.399 e. The van der Waals surface area contributed by atoms with Gasteiger partial charge in [-0.25, -0.2) is 0 Å². The van der Waals surface area contributed by atoms with E-state index in [4.69, 9.17) is 5.73 Å². The van der Waals surface area contributed by atoms with Crippen molar-refractivity contribution in [2.45, 2.75) is 31.6 Å². The lowest BCUT2D eigenvalue weighted by Gasteiger charge is -2.35. The molecule has 0 radical (unpaired) electrons. The second-order valence-corrected chi connectivity index (χ2v) is 6.59. The van der Waals surface area contributed by atoms with Crippen LogP contribution < -0.4 is 11.1 Å². The van der Waals surface area contributed by atoms with Gasteiger partial charge in [0.25, 0.3) is 0 Å². The fourth-order valence-electron chi connectivity index (χ4n) is 2.37. The summed E-state index contributed by atoms with van der Waals surface area (Å²) >= 11 is 2.01. The topological polar surface area (TPSA) is 58.4 Å². The number of hydrogen-bond acceptors (Lipinski definition) is 4. The Balaban J connectivity index is 1.94. The molecule has 0 bridgehead atoms. The molecule has 0 aliphatic carbocycles. The summed E-state index contributed by atoms with van der Waals surface area (Å²) in [7, 11) is 0. The Morgan fingerprint density at radius 2 is 2.40 bits per heavy atom. The molecule has 3 N–H and O–H groups in total. The van der Waals surface area contributed by atoms with Crippen LogP contribution in [-0.4, -0.2) is 40.9 Å². The fourth-order valence-corrected chi connectivity index (χ4v) is 3.58. The number of thioether (sulfide) groups is 1. The molecule has 0 saturated carbocycles. The van der Waals surface area contributed by atoms with E-state index in [9.17, 15) is 4.79 Å². The van der Waals surface area contributed by atoms with Crippen molar-refractivity contribution in [1.29, 1.82) is 0 Å². The van der Waals surface area contributed by atoms with Gasteiger partial charge in [-0.3, -0.25) is 9.69 Å². The minimum Gasteiger partial charge on any atom is -0.399 e. The molecule has 1 aromatic carbocycles. The Labute approximate surface area is 125 Å². The Bertz CT molecular complexity index is 466.